The first-order chi connectivity index (χ1) is 10.6. The van der Waals surface area contributed by atoms with Crippen molar-refractivity contribution in [3.63, 3.8) is 0 Å². The van der Waals surface area contributed by atoms with Crippen LogP contribution in [0.4, 0.5) is 5.82 Å². The lowest BCUT2D eigenvalue weighted by atomic mass is 10.2. The Labute approximate surface area is 132 Å². The van der Waals surface area contributed by atoms with Crippen molar-refractivity contribution in [2.24, 2.45) is 0 Å². The number of hydrogen-bond donors (Lipinski definition) is 2. The molecule has 0 radical (unpaired) electrons. The molecule has 6 nitrogen and oxygen atoms in total. The van der Waals surface area contributed by atoms with E-state index in [2.05, 4.69) is 10.4 Å². The van der Waals surface area contributed by atoms with Crippen LogP contribution in [0.2, 0.25) is 5.02 Å². The molecule has 2 aromatic rings. The second-order valence-corrected chi connectivity index (χ2v) is 5.17. The average molecular weight is 322 g/mol. The highest BCUT2D eigenvalue weighted by Crippen LogP contribution is 2.18. The maximum Gasteiger partial charge on any atom is 0.303 e. The van der Waals surface area contributed by atoms with Gasteiger partial charge in [-0.1, -0.05) is 29.8 Å². The van der Waals surface area contributed by atoms with E-state index in [9.17, 15) is 9.59 Å². The number of carbonyl (C=O) groups is 2. The number of aliphatic carboxylic acids is 1. The SMILES string of the molecule is O=C(O)CCCC(=O)Nc1ccnn1Cc1ccccc1Cl. The smallest absolute Gasteiger partial charge is 0.303 e. The van der Waals surface area contributed by atoms with Crippen LogP contribution in [0.15, 0.2) is 36.5 Å². The monoisotopic (exact) mass is 321 g/mol. The fraction of sp³-hybridized carbons (Fsp3) is 0.267. The summed E-state index contributed by atoms with van der Waals surface area (Å²) in [7, 11) is 0. The second-order valence-electron chi connectivity index (χ2n) is 4.76. The number of carboxylic acids is 1. The highest BCUT2D eigenvalue weighted by Gasteiger charge is 2.09. The van der Waals surface area contributed by atoms with Gasteiger partial charge in [-0.15, -0.1) is 0 Å². The zero-order chi connectivity index (χ0) is 15.9. The Morgan fingerprint density at radius 2 is 2.00 bits per heavy atom. The van der Waals surface area contributed by atoms with Gasteiger partial charge in [0.2, 0.25) is 5.91 Å². The van der Waals surface area contributed by atoms with Gasteiger partial charge in [0.05, 0.1) is 12.7 Å². The van der Waals surface area contributed by atoms with E-state index in [1.165, 1.54) is 0 Å². The van der Waals surface area contributed by atoms with Gasteiger partial charge < -0.3 is 10.4 Å². The minimum absolute atomic E-state index is 0.0215. The number of carbonyl (C=O) groups excluding carboxylic acids is 1. The van der Waals surface area contributed by atoms with Crippen LogP contribution in [0.1, 0.15) is 24.8 Å². The molecule has 1 aromatic carbocycles. The topological polar surface area (TPSA) is 84.2 Å². The molecule has 116 valence electrons. The van der Waals surface area contributed by atoms with Crippen molar-refractivity contribution in [1.29, 1.82) is 0 Å². The quantitative estimate of drug-likeness (QED) is 0.821. The zero-order valence-electron chi connectivity index (χ0n) is 11.8. The minimum Gasteiger partial charge on any atom is -0.481 e. The van der Waals surface area contributed by atoms with Crippen LogP contribution in [0.3, 0.4) is 0 Å². The van der Waals surface area contributed by atoms with E-state index in [-0.39, 0.29) is 18.7 Å². The third-order valence-electron chi connectivity index (χ3n) is 3.06. The Kier molecular flexibility index (Phi) is 5.55. The molecule has 1 amide bonds. The lowest BCUT2D eigenvalue weighted by Gasteiger charge is -2.10. The van der Waals surface area contributed by atoms with E-state index in [4.69, 9.17) is 16.7 Å². The molecule has 1 heterocycles. The molecule has 0 saturated carbocycles. The molecule has 0 spiro atoms. The first kappa shape index (κ1) is 16.0. The summed E-state index contributed by atoms with van der Waals surface area (Å²) in [5, 5.41) is 16.1. The molecule has 0 fully saturated rings. The molecule has 0 aliphatic rings. The molecule has 1 aromatic heterocycles. The van der Waals surface area contributed by atoms with Crippen molar-refractivity contribution in [2.45, 2.75) is 25.8 Å². The van der Waals surface area contributed by atoms with Gasteiger partial charge in [-0.2, -0.15) is 5.10 Å². The maximum absolute atomic E-state index is 11.8. The number of carboxylic acid groups (broad SMARTS) is 1. The van der Waals surface area contributed by atoms with Crippen molar-refractivity contribution in [1.82, 2.24) is 9.78 Å². The number of amides is 1. The first-order valence-corrected chi connectivity index (χ1v) is 7.21. The molecule has 0 aliphatic heterocycles. The maximum atomic E-state index is 11.8. The van der Waals surface area contributed by atoms with Crippen molar-refractivity contribution in [3.8, 4) is 0 Å². The standard InChI is InChI=1S/C15H16ClN3O3/c16-12-5-2-1-4-11(12)10-19-13(8-9-17-19)18-14(20)6-3-7-15(21)22/h1-2,4-5,8-9H,3,6-7,10H2,(H,18,20)(H,21,22). The van der Waals surface area contributed by atoms with Gasteiger partial charge in [-0.25, -0.2) is 4.68 Å². The van der Waals surface area contributed by atoms with E-state index < -0.39 is 5.97 Å². The van der Waals surface area contributed by atoms with Gasteiger partial charge in [0.15, 0.2) is 0 Å². The summed E-state index contributed by atoms with van der Waals surface area (Å²) >= 11 is 6.11. The second kappa shape index (κ2) is 7.61. The predicted molar refractivity (Wildman–Crippen MR) is 82.9 cm³/mol. The Balaban J connectivity index is 1.96. The molecule has 22 heavy (non-hydrogen) atoms. The van der Waals surface area contributed by atoms with Crippen molar-refractivity contribution >= 4 is 29.3 Å². The average Bonchev–Trinajstić information content (AvgIpc) is 2.88. The highest BCUT2D eigenvalue weighted by atomic mass is 35.5. The molecule has 2 N–H and O–H groups in total. The van der Waals surface area contributed by atoms with Crippen molar-refractivity contribution < 1.29 is 14.7 Å². The number of rotatable bonds is 7. The molecule has 7 heteroatoms. The van der Waals surface area contributed by atoms with Crippen LogP contribution in [-0.4, -0.2) is 26.8 Å². The van der Waals surface area contributed by atoms with Crippen LogP contribution in [-0.2, 0) is 16.1 Å². The van der Waals surface area contributed by atoms with Gasteiger partial charge >= 0.3 is 5.97 Å². The zero-order valence-corrected chi connectivity index (χ0v) is 12.6. The Bertz CT molecular complexity index is 670. The number of aromatic nitrogens is 2. The Morgan fingerprint density at radius 3 is 2.73 bits per heavy atom. The van der Waals surface area contributed by atoms with Crippen LogP contribution in [0, 0.1) is 0 Å². The van der Waals surface area contributed by atoms with Crippen LogP contribution in [0.5, 0.6) is 0 Å². The van der Waals surface area contributed by atoms with E-state index >= 15 is 0 Å². The molecular formula is C15H16ClN3O3. The predicted octanol–water partition coefficient (Wildman–Crippen LogP) is 2.78. The van der Waals surface area contributed by atoms with Gasteiger partial charge in [-0.05, 0) is 18.1 Å². The van der Waals surface area contributed by atoms with E-state index in [0.717, 1.165) is 5.56 Å². The first-order valence-electron chi connectivity index (χ1n) is 6.83. The van der Waals surface area contributed by atoms with Crippen LogP contribution < -0.4 is 5.32 Å². The Morgan fingerprint density at radius 1 is 1.23 bits per heavy atom. The minimum atomic E-state index is -0.906. The molecular weight excluding hydrogens is 306 g/mol. The number of nitrogens with zero attached hydrogens (tertiary/aromatic N) is 2. The summed E-state index contributed by atoms with van der Waals surface area (Å²) in [4.78, 5) is 22.2. The fourth-order valence-corrected chi connectivity index (χ4v) is 2.15. The molecule has 0 aliphatic carbocycles. The molecule has 0 saturated heterocycles. The van der Waals surface area contributed by atoms with Crippen molar-refractivity contribution in [2.75, 3.05) is 5.32 Å². The van der Waals surface area contributed by atoms with Crippen molar-refractivity contribution in [3.05, 3.63) is 47.1 Å². The number of nitrogens with one attached hydrogen (secondary N) is 1. The van der Waals surface area contributed by atoms with Gasteiger partial charge in [0, 0.05) is 23.9 Å². The summed E-state index contributed by atoms with van der Waals surface area (Å²) < 4.78 is 1.64. The van der Waals surface area contributed by atoms with Crippen LogP contribution in [0.25, 0.3) is 0 Å². The number of hydrogen-bond acceptors (Lipinski definition) is 3. The van der Waals surface area contributed by atoms with E-state index in [1.54, 1.807) is 23.0 Å². The van der Waals surface area contributed by atoms with Gasteiger partial charge in [-0.3, -0.25) is 9.59 Å². The summed E-state index contributed by atoms with van der Waals surface area (Å²) in [6, 6.07) is 9.11. The lowest BCUT2D eigenvalue weighted by Crippen LogP contribution is -2.16. The van der Waals surface area contributed by atoms with E-state index in [1.807, 2.05) is 18.2 Å². The normalized spacial score (nSPS) is 10.4. The van der Waals surface area contributed by atoms with Crippen LogP contribution >= 0.6 is 11.6 Å². The van der Waals surface area contributed by atoms with E-state index in [0.29, 0.717) is 23.8 Å². The summed E-state index contributed by atoms with van der Waals surface area (Å²) in [5.74, 6) is -0.584. The fourth-order valence-electron chi connectivity index (χ4n) is 1.96. The molecule has 0 atom stereocenters. The molecule has 2 rings (SSSR count). The lowest BCUT2D eigenvalue weighted by molar-refractivity contribution is -0.137. The number of halogens is 1. The van der Waals surface area contributed by atoms with Gasteiger partial charge in [0.25, 0.3) is 0 Å². The summed E-state index contributed by atoms with van der Waals surface area (Å²) in [6.07, 6.45) is 2.03. The number of anilines is 1. The third-order valence-corrected chi connectivity index (χ3v) is 3.43. The molecule has 0 unspecified atom stereocenters. The third kappa shape index (κ3) is 4.60. The summed E-state index contributed by atoms with van der Waals surface area (Å²) in [6.45, 7) is 0.442. The summed E-state index contributed by atoms with van der Waals surface area (Å²) in [5.41, 5.74) is 0.897. The Hall–Kier alpha value is -2.34. The molecule has 0 bridgehead atoms. The van der Waals surface area contributed by atoms with Gasteiger partial charge in [0.1, 0.15) is 5.82 Å². The largest absolute Gasteiger partial charge is 0.481 e. The highest BCUT2D eigenvalue weighted by molar-refractivity contribution is 6.31. The number of benzene rings is 1.